The van der Waals surface area contributed by atoms with Crippen LogP contribution in [0.3, 0.4) is 0 Å². The van der Waals surface area contributed by atoms with Gasteiger partial charge in [0.1, 0.15) is 5.75 Å². The molecule has 0 bridgehead atoms. The van der Waals surface area contributed by atoms with Gasteiger partial charge in [0.15, 0.2) is 5.75 Å². The Balaban J connectivity index is 2.33. The predicted molar refractivity (Wildman–Crippen MR) is 71.6 cm³/mol. The van der Waals surface area contributed by atoms with Crippen LogP contribution in [-0.4, -0.2) is 0 Å². The van der Waals surface area contributed by atoms with E-state index in [-0.39, 0.29) is 0 Å². The van der Waals surface area contributed by atoms with Crippen molar-refractivity contribution in [1.29, 1.82) is 0 Å². The lowest BCUT2D eigenvalue weighted by Crippen LogP contribution is -1.95. The van der Waals surface area contributed by atoms with Gasteiger partial charge >= 0.3 is 0 Å². The number of aryl methyl sites for hydroxylation is 3. The molecule has 0 saturated carbocycles. The van der Waals surface area contributed by atoms with Crippen LogP contribution in [0.2, 0.25) is 0 Å². The maximum absolute atomic E-state index is 5.97. The zero-order valence-corrected chi connectivity index (χ0v) is 10.4. The average molecular weight is 227 g/mol. The molecule has 0 heterocycles. The Morgan fingerprint density at radius 2 is 1.53 bits per heavy atom. The third-order valence-corrected chi connectivity index (χ3v) is 2.69. The lowest BCUT2D eigenvalue weighted by Gasteiger charge is -2.12. The summed E-state index contributed by atoms with van der Waals surface area (Å²) in [5.41, 5.74) is 10.1. The van der Waals surface area contributed by atoms with E-state index >= 15 is 0 Å². The first-order valence-electron chi connectivity index (χ1n) is 5.67. The summed E-state index contributed by atoms with van der Waals surface area (Å²) < 4.78 is 5.82. The van der Waals surface area contributed by atoms with Crippen LogP contribution < -0.4 is 10.5 Å². The number of nitrogens with two attached hydrogens (primary N) is 1. The molecule has 2 heteroatoms. The topological polar surface area (TPSA) is 35.2 Å². The van der Waals surface area contributed by atoms with Crippen molar-refractivity contribution in [3.8, 4) is 11.5 Å². The molecule has 0 unspecified atom stereocenters. The largest absolute Gasteiger partial charge is 0.455 e. The Kier molecular flexibility index (Phi) is 3.05. The van der Waals surface area contributed by atoms with Crippen LogP contribution in [0.25, 0.3) is 0 Å². The molecule has 0 aliphatic heterocycles. The molecule has 0 aliphatic carbocycles. The molecule has 0 amide bonds. The summed E-state index contributed by atoms with van der Waals surface area (Å²) in [6, 6.07) is 11.9. The molecule has 0 fully saturated rings. The number of ether oxygens (including phenoxy) is 1. The standard InChI is InChI=1S/C15H17NO/c1-10-4-6-13(7-5-10)17-15-12(3)8-11(2)9-14(15)16/h4-9H,16H2,1-3H3. The highest BCUT2D eigenvalue weighted by molar-refractivity contribution is 5.59. The molecule has 2 aromatic rings. The zero-order chi connectivity index (χ0) is 12.4. The van der Waals surface area contributed by atoms with Crippen molar-refractivity contribution in [3.63, 3.8) is 0 Å². The Labute approximate surface area is 102 Å². The summed E-state index contributed by atoms with van der Waals surface area (Å²) in [6.07, 6.45) is 0. The number of hydrogen-bond donors (Lipinski definition) is 1. The van der Waals surface area contributed by atoms with Crippen LogP contribution in [0, 0.1) is 20.8 Å². The van der Waals surface area contributed by atoms with Gasteiger partial charge in [-0.05, 0) is 50.1 Å². The van der Waals surface area contributed by atoms with Gasteiger partial charge in [0.25, 0.3) is 0 Å². The van der Waals surface area contributed by atoms with Gasteiger partial charge in [-0.1, -0.05) is 23.8 Å². The normalized spacial score (nSPS) is 10.3. The van der Waals surface area contributed by atoms with Crippen molar-refractivity contribution in [1.82, 2.24) is 0 Å². The van der Waals surface area contributed by atoms with E-state index in [9.17, 15) is 0 Å². The summed E-state index contributed by atoms with van der Waals surface area (Å²) in [7, 11) is 0. The van der Waals surface area contributed by atoms with Crippen molar-refractivity contribution in [2.24, 2.45) is 0 Å². The Morgan fingerprint density at radius 3 is 2.12 bits per heavy atom. The lowest BCUT2D eigenvalue weighted by molar-refractivity contribution is 0.481. The molecule has 0 saturated heterocycles. The van der Waals surface area contributed by atoms with Gasteiger partial charge in [0.05, 0.1) is 5.69 Å². The molecule has 2 N–H and O–H groups in total. The van der Waals surface area contributed by atoms with Gasteiger partial charge in [0, 0.05) is 0 Å². The zero-order valence-electron chi connectivity index (χ0n) is 10.4. The SMILES string of the molecule is Cc1ccc(Oc2c(C)cc(C)cc2N)cc1. The van der Waals surface area contributed by atoms with E-state index in [0.29, 0.717) is 5.69 Å². The molecule has 0 radical (unpaired) electrons. The van der Waals surface area contributed by atoms with Crippen molar-refractivity contribution in [3.05, 3.63) is 53.1 Å². The molecular weight excluding hydrogens is 210 g/mol. The van der Waals surface area contributed by atoms with Crippen LogP contribution in [0.5, 0.6) is 11.5 Å². The quantitative estimate of drug-likeness (QED) is 0.787. The van der Waals surface area contributed by atoms with Crippen LogP contribution in [0.4, 0.5) is 5.69 Å². The van der Waals surface area contributed by atoms with Crippen molar-refractivity contribution < 1.29 is 4.74 Å². The van der Waals surface area contributed by atoms with Gasteiger partial charge in [-0.15, -0.1) is 0 Å². The minimum absolute atomic E-state index is 0.683. The maximum atomic E-state index is 5.97. The molecule has 2 aromatic carbocycles. The number of rotatable bonds is 2. The summed E-state index contributed by atoms with van der Waals surface area (Å²) in [5, 5.41) is 0. The predicted octanol–water partition coefficient (Wildman–Crippen LogP) is 3.99. The molecule has 2 nitrogen and oxygen atoms in total. The highest BCUT2D eigenvalue weighted by Gasteiger charge is 2.06. The van der Waals surface area contributed by atoms with Crippen molar-refractivity contribution >= 4 is 5.69 Å². The third-order valence-electron chi connectivity index (χ3n) is 2.69. The lowest BCUT2D eigenvalue weighted by atomic mass is 10.1. The fraction of sp³-hybridized carbons (Fsp3) is 0.200. The molecule has 0 atom stereocenters. The van der Waals surface area contributed by atoms with Gasteiger partial charge < -0.3 is 10.5 Å². The molecule has 0 spiro atoms. The van der Waals surface area contributed by atoms with E-state index in [1.807, 2.05) is 44.2 Å². The van der Waals surface area contributed by atoms with Gasteiger partial charge in [-0.3, -0.25) is 0 Å². The molecule has 88 valence electrons. The Hall–Kier alpha value is -1.96. The molecule has 17 heavy (non-hydrogen) atoms. The smallest absolute Gasteiger partial charge is 0.153 e. The van der Waals surface area contributed by atoms with Gasteiger partial charge in [-0.25, -0.2) is 0 Å². The highest BCUT2D eigenvalue weighted by Crippen LogP contribution is 2.32. The summed E-state index contributed by atoms with van der Waals surface area (Å²) in [4.78, 5) is 0. The number of benzene rings is 2. The van der Waals surface area contributed by atoms with E-state index in [0.717, 1.165) is 22.6 Å². The second-order valence-corrected chi connectivity index (χ2v) is 4.42. The summed E-state index contributed by atoms with van der Waals surface area (Å²) in [6.45, 7) is 6.08. The second-order valence-electron chi connectivity index (χ2n) is 4.42. The fourth-order valence-corrected chi connectivity index (χ4v) is 1.85. The van der Waals surface area contributed by atoms with E-state index in [1.165, 1.54) is 5.56 Å². The molecule has 0 aromatic heterocycles. The summed E-state index contributed by atoms with van der Waals surface area (Å²) in [5.74, 6) is 1.56. The second kappa shape index (κ2) is 4.50. The maximum Gasteiger partial charge on any atom is 0.153 e. The fourth-order valence-electron chi connectivity index (χ4n) is 1.85. The first kappa shape index (κ1) is 11.5. The molecule has 0 aliphatic rings. The van der Waals surface area contributed by atoms with Crippen LogP contribution in [0.1, 0.15) is 16.7 Å². The first-order valence-corrected chi connectivity index (χ1v) is 5.67. The van der Waals surface area contributed by atoms with Crippen molar-refractivity contribution in [2.75, 3.05) is 5.73 Å². The van der Waals surface area contributed by atoms with Crippen LogP contribution in [0.15, 0.2) is 36.4 Å². The van der Waals surface area contributed by atoms with E-state index in [2.05, 4.69) is 13.0 Å². The Bertz CT molecular complexity index is 506. The van der Waals surface area contributed by atoms with E-state index in [1.54, 1.807) is 0 Å². The molecule has 2 rings (SSSR count). The minimum Gasteiger partial charge on any atom is -0.455 e. The van der Waals surface area contributed by atoms with E-state index in [4.69, 9.17) is 10.5 Å². The van der Waals surface area contributed by atoms with E-state index < -0.39 is 0 Å². The van der Waals surface area contributed by atoms with Crippen LogP contribution >= 0.6 is 0 Å². The monoisotopic (exact) mass is 227 g/mol. The minimum atomic E-state index is 0.683. The van der Waals surface area contributed by atoms with Crippen LogP contribution in [-0.2, 0) is 0 Å². The highest BCUT2D eigenvalue weighted by atomic mass is 16.5. The van der Waals surface area contributed by atoms with Gasteiger partial charge in [0.2, 0.25) is 0 Å². The number of nitrogen functional groups attached to an aromatic ring is 1. The Morgan fingerprint density at radius 1 is 0.882 bits per heavy atom. The van der Waals surface area contributed by atoms with Gasteiger partial charge in [-0.2, -0.15) is 0 Å². The molecular formula is C15H17NO. The summed E-state index contributed by atoms with van der Waals surface area (Å²) >= 11 is 0. The first-order chi connectivity index (χ1) is 8.06. The average Bonchev–Trinajstić information content (AvgIpc) is 2.26. The van der Waals surface area contributed by atoms with Crippen molar-refractivity contribution in [2.45, 2.75) is 20.8 Å². The number of anilines is 1. The third kappa shape index (κ3) is 2.59. The number of hydrogen-bond acceptors (Lipinski definition) is 2.